The molecule has 1 N–H and O–H groups in total. The number of hydrogen-bond acceptors (Lipinski definition) is 7. The average molecular weight is 443 g/mol. The first-order valence-corrected chi connectivity index (χ1v) is 11.4. The average Bonchev–Trinajstić information content (AvgIpc) is 3.17. The van der Waals surface area contributed by atoms with E-state index in [2.05, 4.69) is 32.5 Å². The number of hydrogen-bond donors (Lipinski definition) is 1. The van der Waals surface area contributed by atoms with Gasteiger partial charge in [-0.2, -0.15) is 5.26 Å². The zero-order chi connectivity index (χ0) is 22.6. The largest absolute Gasteiger partial charge is 0.378 e. The predicted octanol–water partition coefficient (Wildman–Crippen LogP) is 2.95. The van der Waals surface area contributed by atoms with Gasteiger partial charge in [-0.3, -0.25) is 9.36 Å². The molecule has 8 nitrogen and oxygen atoms in total. The molecule has 0 spiro atoms. The first-order valence-electron chi connectivity index (χ1n) is 10.5. The minimum absolute atomic E-state index is 0.0116. The van der Waals surface area contributed by atoms with Crippen molar-refractivity contribution in [2.45, 2.75) is 50.6 Å². The molecule has 9 heteroatoms. The molecule has 1 aliphatic heterocycles. The summed E-state index contributed by atoms with van der Waals surface area (Å²) in [5.41, 5.74) is 1.16. The minimum atomic E-state index is -0.922. The summed E-state index contributed by atoms with van der Waals surface area (Å²) < 4.78 is 7.48. The van der Waals surface area contributed by atoms with E-state index in [4.69, 9.17) is 4.74 Å². The number of benzene rings is 1. The number of ether oxygens (including phenoxy) is 1. The number of carbonyl (C=O) groups excluding carboxylic acids is 1. The molecule has 0 aliphatic carbocycles. The summed E-state index contributed by atoms with van der Waals surface area (Å²) in [6.45, 7) is 12.2. The Balaban J connectivity index is 1.89. The van der Waals surface area contributed by atoms with Crippen LogP contribution in [-0.4, -0.2) is 57.8 Å². The lowest BCUT2D eigenvalue weighted by molar-refractivity contribution is -0.121. The smallest absolute Gasteiger partial charge is 0.234 e. The maximum absolute atomic E-state index is 12.9. The van der Waals surface area contributed by atoms with Gasteiger partial charge in [0.05, 0.1) is 30.2 Å². The maximum atomic E-state index is 12.9. The molecule has 1 fully saturated rings. The highest BCUT2D eigenvalue weighted by atomic mass is 32.2. The molecule has 166 valence electrons. The van der Waals surface area contributed by atoms with Crippen LogP contribution in [0.3, 0.4) is 0 Å². The molecule has 1 aliphatic rings. The number of thioether (sulfide) groups is 1. The standard InChI is InChI=1S/C22H30N6O2S/c1-15(2)22(5,14-23)24-19(29)17(4)31-21-26-25-20(27-9-11-30-12-10-27)28(21)18-8-6-7-16(3)13-18/h6-8,13,15,17H,9-12H2,1-5H3,(H,24,29). The second-order valence-electron chi connectivity index (χ2n) is 8.27. The number of aryl methyl sites for hydroxylation is 1. The lowest BCUT2D eigenvalue weighted by Crippen LogP contribution is -2.51. The number of rotatable bonds is 7. The summed E-state index contributed by atoms with van der Waals surface area (Å²) >= 11 is 1.34. The van der Waals surface area contributed by atoms with Crippen molar-refractivity contribution in [3.63, 3.8) is 0 Å². The van der Waals surface area contributed by atoms with Gasteiger partial charge in [0.15, 0.2) is 5.16 Å². The highest BCUT2D eigenvalue weighted by Crippen LogP contribution is 2.30. The van der Waals surface area contributed by atoms with Gasteiger partial charge < -0.3 is 15.0 Å². The van der Waals surface area contributed by atoms with Gasteiger partial charge in [0.2, 0.25) is 11.9 Å². The van der Waals surface area contributed by atoms with Crippen LogP contribution in [-0.2, 0) is 9.53 Å². The number of nitrogens with one attached hydrogen (secondary N) is 1. The van der Waals surface area contributed by atoms with Crippen LogP contribution >= 0.6 is 11.8 Å². The van der Waals surface area contributed by atoms with Crippen molar-refractivity contribution in [2.75, 3.05) is 31.2 Å². The maximum Gasteiger partial charge on any atom is 0.234 e. The Morgan fingerprint density at radius 2 is 2.00 bits per heavy atom. The summed E-state index contributed by atoms with van der Waals surface area (Å²) in [6, 6.07) is 10.4. The molecule has 0 bridgehead atoms. The van der Waals surface area contributed by atoms with Crippen molar-refractivity contribution in [1.29, 1.82) is 5.26 Å². The highest BCUT2D eigenvalue weighted by Gasteiger charge is 2.33. The normalized spacial score (nSPS) is 17.1. The Morgan fingerprint density at radius 1 is 1.29 bits per heavy atom. The van der Waals surface area contributed by atoms with E-state index in [1.165, 1.54) is 11.8 Å². The molecule has 1 amide bonds. The van der Waals surface area contributed by atoms with Crippen LogP contribution in [0, 0.1) is 24.2 Å². The van der Waals surface area contributed by atoms with Crippen LogP contribution in [0.1, 0.15) is 33.3 Å². The molecule has 1 aromatic carbocycles. The molecule has 1 saturated heterocycles. The number of nitrogens with zero attached hydrogens (tertiary/aromatic N) is 5. The minimum Gasteiger partial charge on any atom is -0.378 e. The lowest BCUT2D eigenvalue weighted by Gasteiger charge is -2.29. The number of aromatic nitrogens is 3. The van der Waals surface area contributed by atoms with Gasteiger partial charge in [-0.15, -0.1) is 10.2 Å². The summed E-state index contributed by atoms with van der Waals surface area (Å²) in [5, 5.41) is 21.5. The molecule has 2 atom stereocenters. The molecule has 31 heavy (non-hydrogen) atoms. The topological polar surface area (TPSA) is 96.1 Å². The van der Waals surface area contributed by atoms with E-state index in [0.29, 0.717) is 18.4 Å². The Bertz CT molecular complexity index is 963. The van der Waals surface area contributed by atoms with Gasteiger partial charge in [0.25, 0.3) is 0 Å². The summed E-state index contributed by atoms with van der Waals surface area (Å²) in [5.74, 6) is 0.532. The zero-order valence-corrected chi connectivity index (χ0v) is 19.6. The lowest BCUT2D eigenvalue weighted by atomic mass is 9.90. The van der Waals surface area contributed by atoms with Gasteiger partial charge in [-0.1, -0.05) is 37.7 Å². The van der Waals surface area contributed by atoms with E-state index in [1.54, 1.807) is 6.92 Å². The van der Waals surface area contributed by atoms with E-state index >= 15 is 0 Å². The third-order valence-electron chi connectivity index (χ3n) is 5.59. The number of amides is 1. The van der Waals surface area contributed by atoms with Gasteiger partial charge in [-0.05, 0) is 44.4 Å². The Morgan fingerprint density at radius 3 is 2.61 bits per heavy atom. The Hall–Kier alpha value is -2.57. The molecule has 0 radical (unpaired) electrons. The fourth-order valence-electron chi connectivity index (χ4n) is 3.17. The molecule has 2 heterocycles. The first-order chi connectivity index (χ1) is 14.7. The van der Waals surface area contributed by atoms with Crippen LogP contribution in [0.2, 0.25) is 0 Å². The van der Waals surface area contributed by atoms with E-state index in [0.717, 1.165) is 30.3 Å². The molecular formula is C22H30N6O2S. The SMILES string of the molecule is Cc1cccc(-n2c(SC(C)C(=O)NC(C)(C#N)C(C)C)nnc2N2CCOCC2)c1. The quantitative estimate of drug-likeness (QED) is 0.659. The Kier molecular flexibility index (Phi) is 7.23. The number of anilines is 1. The molecular weight excluding hydrogens is 412 g/mol. The van der Waals surface area contributed by atoms with Gasteiger partial charge in [0, 0.05) is 13.1 Å². The monoisotopic (exact) mass is 442 g/mol. The molecule has 2 aromatic rings. The second kappa shape index (κ2) is 9.71. The first kappa shape index (κ1) is 23.1. The second-order valence-corrected chi connectivity index (χ2v) is 9.58. The van der Waals surface area contributed by atoms with Crippen molar-refractivity contribution in [1.82, 2.24) is 20.1 Å². The molecule has 1 aromatic heterocycles. The van der Waals surface area contributed by atoms with Crippen LogP contribution < -0.4 is 10.2 Å². The van der Waals surface area contributed by atoms with Crippen molar-refractivity contribution in [3.05, 3.63) is 29.8 Å². The highest BCUT2D eigenvalue weighted by molar-refractivity contribution is 8.00. The van der Waals surface area contributed by atoms with Crippen molar-refractivity contribution in [3.8, 4) is 11.8 Å². The van der Waals surface area contributed by atoms with Crippen molar-refractivity contribution < 1.29 is 9.53 Å². The van der Waals surface area contributed by atoms with Crippen LogP contribution in [0.25, 0.3) is 5.69 Å². The third kappa shape index (κ3) is 5.20. The summed E-state index contributed by atoms with van der Waals surface area (Å²) in [4.78, 5) is 15.0. The molecule has 0 saturated carbocycles. The number of morpholine rings is 1. The molecule has 2 unspecified atom stereocenters. The van der Waals surface area contributed by atoms with Gasteiger partial charge in [0.1, 0.15) is 5.54 Å². The third-order valence-corrected chi connectivity index (χ3v) is 6.63. The fraction of sp³-hybridized carbons (Fsp3) is 0.545. The van der Waals surface area contributed by atoms with Crippen LogP contribution in [0.5, 0.6) is 0 Å². The van der Waals surface area contributed by atoms with Crippen molar-refractivity contribution in [2.24, 2.45) is 5.92 Å². The van der Waals surface area contributed by atoms with Gasteiger partial charge in [-0.25, -0.2) is 0 Å². The van der Waals surface area contributed by atoms with E-state index in [-0.39, 0.29) is 11.8 Å². The van der Waals surface area contributed by atoms with E-state index in [1.807, 2.05) is 50.5 Å². The predicted molar refractivity (Wildman–Crippen MR) is 121 cm³/mol. The van der Waals surface area contributed by atoms with E-state index in [9.17, 15) is 10.1 Å². The Labute approximate surface area is 188 Å². The van der Waals surface area contributed by atoms with E-state index < -0.39 is 10.8 Å². The fourth-order valence-corrected chi connectivity index (χ4v) is 4.03. The summed E-state index contributed by atoms with van der Waals surface area (Å²) in [7, 11) is 0. The van der Waals surface area contributed by atoms with Crippen LogP contribution in [0.15, 0.2) is 29.4 Å². The number of carbonyl (C=O) groups is 1. The van der Waals surface area contributed by atoms with Gasteiger partial charge >= 0.3 is 0 Å². The van der Waals surface area contributed by atoms with Crippen LogP contribution in [0.4, 0.5) is 5.95 Å². The van der Waals surface area contributed by atoms with Crippen molar-refractivity contribution >= 4 is 23.6 Å². The number of nitriles is 1. The zero-order valence-electron chi connectivity index (χ0n) is 18.8. The summed E-state index contributed by atoms with van der Waals surface area (Å²) in [6.07, 6.45) is 0. The molecule has 3 rings (SSSR count).